The molecule has 0 unspecified atom stereocenters. The summed E-state index contributed by atoms with van der Waals surface area (Å²) in [5, 5.41) is 14.0. The van der Waals surface area contributed by atoms with Gasteiger partial charge in [-0.3, -0.25) is 14.1 Å². The summed E-state index contributed by atoms with van der Waals surface area (Å²) in [4.78, 5) is 22.7. The number of aliphatic hydroxyl groups is 2. The maximum Gasteiger partial charge on any atom is 0.522 e. The van der Waals surface area contributed by atoms with Crippen LogP contribution in [0.5, 0.6) is 0 Å². The Kier molecular flexibility index (Phi) is 34.1. The topological polar surface area (TPSA) is 169 Å². The zero-order valence-electron chi connectivity index (χ0n) is 61.1. The van der Waals surface area contributed by atoms with Gasteiger partial charge in [0, 0.05) is 84.3 Å². The number of fused-ring (bicyclic) bond motifs is 2. The number of rotatable bonds is 11. The third-order valence-electron chi connectivity index (χ3n) is 16.3. The minimum absolute atomic E-state index is 0. The molecule has 5 aromatic heterocycles. The predicted molar refractivity (Wildman–Crippen MR) is 430 cm³/mol. The number of nitrogens with zero attached hydrogens (tertiary/aromatic N) is 7. The molecule has 12 nitrogen and oxygen atoms in total. The van der Waals surface area contributed by atoms with Crippen LogP contribution in [-0.4, -0.2) is 77.0 Å². The molecular weight excluding hydrogens is 1760 g/mol. The van der Waals surface area contributed by atoms with Gasteiger partial charge >= 0.3 is 15.6 Å². The predicted octanol–water partition coefficient (Wildman–Crippen LogP) is 22.0. The standard InChI is InChI=1S/C28H24N2.C28H23N2.3C11H8N.CHF3O3S.2CH4O.2Ir/c2*1-20(2)24-15-9-10-16-26(24)30-27-19-23(21-11-5-3-6-12-21)17-18-25(27)29-28(30)22-13-7-4-8-14-22;3*1-2-6-10(7-3-1)11-8-4-5-9-12-11;2-1(3,4)8(5,6)7;2*1-2;;/h3-20H,1-2H3;3-13,15-20H,1-2H3;3*1-6,8-9H;(H,5,6,7);2*2H,1H3;;/q;4*-1;;;;;. The van der Waals surface area contributed by atoms with Crippen LogP contribution in [0.2, 0.25) is 0 Å². The maximum atomic E-state index is 10.7. The van der Waals surface area contributed by atoms with Crippen LogP contribution >= 0.6 is 0 Å². The van der Waals surface area contributed by atoms with E-state index in [1.165, 1.54) is 44.8 Å². The fourth-order valence-corrected chi connectivity index (χ4v) is 11.3. The van der Waals surface area contributed by atoms with E-state index >= 15 is 0 Å². The number of imidazole rings is 2. The molecule has 0 atom stereocenters. The van der Waals surface area contributed by atoms with E-state index in [9.17, 15) is 13.2 Å². The first-order valence-corrected chi connectivity index (χ1v) is 36.0. The van der Waals surface area contributed by atoms with Crippen molar-refractivity contribution in [3.63, 3.8) is 0 Å². The monoisotopic (exact) mass is 1840 g/mol. The van der Waals surface area contributed by atoms with Crippen molar-refractivity contribution in [1.29, 1.82) is 0 Å². The summed E-state index contributed by atoms with van der Waals surface area (Å²) in [6.07, 6.45) is 5.36. The number of hydrogen-bond donors (Lipinski definition) is 3. The number of aliphatic hydroxyl groups excluding tert-OH is 2. The molecule has 5 heterocycles. The molecule has 0 saturated heterocycles. The van der Waals surface area contributed by atoms with Gasteiger partial charge in [0.25, 0.3) is 0 Å². The first kappa shape index (κ1) is 86.0. The van der Waals surface area contributed by atoms with Crippen LogP contribution in [0, 0.1) is 24.3 Å². The molecule has 0 amide bonds. The van der Waals surface area contributed by atoms with Crippen LogP contribution in [-0.2, 0) is 50.3 Å². The van der Waals surface area contributed by atoms with Crippen molar-refractivity contribution in [2.75, 3.05) is 14.2 Å². The van der Waals surface area contributed by atoms with Gasteiger partial charge in [0.2, 0.25) is 0 Å². The summed E-state index contributed by atoms with van der Waals surface area (Å²) in [5.41, 5.74) is 16.6. The number of aromatic nitrogens is 7. The van der Waals surface area contributed by atoms with E-state index in [0.29, 0.717) is 11.8 Å². The van der Waals surface area contributed by atoms with Gasteiger partial charge in [0.05, 0.1) is 33.6 Å². The van der Waals surface area contributed by atoms with E-state index in [2.05, 4.69) is 252 Å². The minimum Gasteiger partial charge on any atom is -0.400 e. The van der Waals surface area contributed by atoms with E-state index in [1.54, 1.807) is 18.6 Å². The van der Waals surface area contributed by atoms with Crippen LogP contribution in [0.4, 0.5) is 13.2 Å². The smallest absolute Gasteiger partial charge is 0.400 e. The van der Waals surface area contributed by atoms with Gasteiger partial charge < -0.3 is 29.7 Å². The molecule has 18 heteroatoms. The molecule has 3 N–H and O–H groups in total. The van der Waals surface area contributed by atoms with Crippen LogP contribution in [0.25, 0.3) is 112 Å². The maximum absolute atomic E-state index is 10.7. The summed E-state index contributed by atoms with van der Waals surface area (Å²) in [5.74, 6) is 2.72. The van der Waals surface area contributed by atoms with Gasteiger partial charge in [-0.2, -0.15) is 21.6 Å². The Balaban J connectivity index is 0.000000194. The molecule has 0 aliphatic heterocycles. The average molecular weight is 1840 g/mol. The quantitative estimate of drug-likeness (QED) is 0.0644. The van der Waals surface area contributed by atoms with Gasteiger partial charge in [-0.05, 0) is 117 Å². The Hall–Kier alpha value is -11.3. The molecule has 0 aliphatic carbocycles. The molecule has 110 heavy (non-hydrogen) atoms. The zero-order valence-corrected chi connectivity index (χ0v) is 66.7. The van der Waals surface area contributed by atoms with E-state index in [0.717, 1.165) is 92.8 Å². The normalized spacial score (nSPS) is 10.5. The Bertz CT molecular complexity index is 4940. The van der Waals surface area contributed by atoms with Crippen molar-refractivity contribution in [3.05, 3.63) is 382 Å². The molecule has 0 bridgehead atoms. The van der Waals surface area contributed by atoms with E-state index < -0.39 is 15.6 Å². The van der Waals surface area contributed by atoms with E-state index in [1.807, 2.05) is 152 Å². The second kappa shape index (κ2) is 43.7. The Morgan fingerprint density at radius 3 is 0.945 bits per heavy atom. The molecule has 0 aliphatic rings. The SMILES string of the molecule is CC(C)c1ccccc1-n1c(-c2[c-]cccc2)nc2ccc(-c3ccccc3)cc21.CC(C)c1ccccc1-n1c(-c2ccccc2)nc2ccc(-c3ccccc3)cc21.CO.CO.O=S(=O)(O)C(F)(F)F.[Ir].[Ir].[c-]1ccccc1-c1ccccn1.[c-]1ccccc1-c1ccccn1.[c-]1ccccc1-c1ccccn1. The molecule has 11 aromatic carbocycles. The van der Waals surface area contributed by atoms with E-state index in [-0.39, 0.29) is 40.2 Å². The summed E-state index contributed by atoms with van der Waals surface area (Å²) in [7, 11) is -3.84. The summed E-state index contributed by atoms with van der Waals surface area (Å²) in [6, 6.07) is 124. The number of para-hydroxylation sites is 2. The van der Waals surface area contributed by atoms with E-state index in [4.69, 9.17) is 33.2 Å². The number of hydrogen-bond acceptors (Lipinski definition) is 9. The second-order valence-corrected chi connectivity index (χ2v) is 25.6. The molecule has 0 spiro atoms. The largest absolute Gasteiger partial charge is 0.522 e. The molecule has 0 fully saturated rings. The summed E-state index contributed by atoms with van der Waals surface area (Å²) >= 11 is 0. The van der Waals surface area contributed by atoms with Crippen molar-refractivity contribution in [1.82, 2.24) is 34.1 Å². The molecule has 16 rings (SSSR count). The number of pyridine rings is 3. The number of halogens is 3. The second-order valence-electron chi connectivity index (χ2n) is 24.1. The van der Waals surface area contributed by atoms with Crippen molar-refractivity contribution in [2.24, 2.45) is 0 Å². The fraction of sp³-hybridized carbons (Fsp3) is 0.0978. The summed E-state index contributed by atoms with van der Waals surface area (Å²) < 4.78 is 62.2. The van der Waals surface area contributed by atoms with Crippen LogP contribution in [0.15, 0.2) is 346 Å². The molecular formula is C92H80F3Ir2N7O5S-4. The van der Waals surface area contributed by atoms with Crippen LogP contribution < -0.4 is 0 Å². The fourth-order valence-electron chi connectivity index (χ4n) is 11.3. The number of alkyl halides is 3. The minimum atomic E-state index is -5.84. The Morgan fingerprint density at radius 2 is 0.636 bits per heavy atom. The Labute approximate surface area is 668 Å². The Morgan fingerprint density at radius 1 is 0.345 bits per heavy atom. The van der Waals surface area contributed by atoms with Crippen molar-refractivity contribution in [2.45, 2.75) is 45.0 Å². The van der Waals surface area contributed by atoms with Crippen LogP contribution in [0.3, 0.4) is 0 Å². The zero-order chi connectivity index (χ0) is 76.7. The third kappa shape index (κ3) is 23.6. The molecule has 562 valence electrons. The molecule has 16 aromatic rings. The first-order chi connectivity index (χ1) is 52.6. The van der Waals surface area contributed by atoms with Gasteiger partial charge in [-0.1, -0.05) is 204 Å². The van der Waals surface area contributed by atoms with Crippen LogP contribution in [0.1, 0.15) is 50.7 Å². The van der Waals surface area contributed by atoms with Crippen molar-refractivity contribution >= 4 is 32.2 Å². The first-order valence-electron chi connectivity index (χ1n) is 34.5. The molecule has 2 radical (unpaired) electrons. The van der Waals surface area contributed by atoms with Gasteiger partial charge in [-0.15, -0.1) is 144 Å². The van der Waals surface area contributed by atoms with Crippen molar-refractivity contribution in [3.8, 4) is 90.2 Å². The van der Waals surface area contributed by atoms with Gasteiger partial charge in [0.1, 0.15) is 5.82 Å². The third-order valence-corrected chi connectivity index (χ3v) is 16.9. The number of benzene rings is 11. The molecule has 0 saturated carbocycles. The van der Waals surface area contributed by atoms with Gasteiger partial charge in [0.15, 0.2) is 0 Å². The average Bonchev–Trinajstić information content (AvgIpc) is 1.61. The van der Waals surface area contributed by atoms with Crippen molar-refractivity contribution < 1.29 is 76.6 Å². The van der Waals surface area contributed by atoms with Gasteiger partial charge in [-0.25, -0.2) is 4.98 Å². The summed E-state index contributed by atoms with van der Waals surface area (Å²) in [6.45, 7) is 8.97.